The number of carbonyl (C=O) groups excluding carboxylic acids is 1. The molecule has 0 atom stereocenters. The first kappa shape index (κ1) is 32.8. The molecule has 7 nitrogen and oxygen atoms in total. The number of hydrogen-bond donors (Lipinski definition) is 2. The topological polar surface area (TPSA) is 91.6 Å². The van der Waals surface area contributed by atoms with Crippen molar-refractivity contribution in [2.45, 2.75) is 78.3 Å². The van der Waals surface area contributed by atoms with Gasteiger partial charge >= 0.3 is 0 Å². The second-order valence-electron chi connectivity index (χ2n) is 7.88. The molecule has 2 aromatic heterocycles. The second kappa shape index (κ2) is 21.5. The lowest BCUT2D eigenvalue weighted by Gasteiger charge is -2.10. The molecule has 0 aliphatic carbocycles. The number of hydrogen-bond acceptors (Lipinski definition) is 4. The minimum atomic E-state index is -1.16. The van der Waals surface area contributed by atoms with E-state index in [1.54, 1.807) is 24.5 Å². The van der Waals surface area contributed by atoms with Gasteiger partial charge < -0.3 is 42.0 Å². The highest BCUT2D eigenvalue weighted by atomic mass is 79.9. The third kappa shape index (κ3) is 20.0. The van der Waals surface area contributed by atoms with Gasteiger partial charge in [0.15, 0.2) is 23.9 Å². The van der Waals surface area contributed by atoms with E-state index >= 15 is 0 Å². The third-order valence-corrected chi connectivity index (χ3v) is 4.59. The lowest BCUT2D eigenvalue weighted by molar-refractivity contribution is -0.697. The van der Waals surface area contributed by atoms with Crippen LogP contribution in [0.15, 0.2) is 49.1 Å². The van der Waals surface area contributed by atoms with E-state index in [0.717, 1.165) is 18.0 Å². The number of unbranched alkanes of at least 4 members (excludes halogenated alkanes) is 6. The maximum Gasteiger partial charge on any atom is 0.210 e. The van der Waals surface area contributed by atoms with E-state index in [1.165, 1.54) is 65.5 Å². The Morgan fingerprint density at radius 1 is 0.818 bits per heavy atom. The van der Waals surface area contributed by atoms with Gasteiger partial charge in [-0.05, 0) is 25.0 Å². The molecule has 0 saturated carbocycles. The number of nitrogens with zero attached hydrogens (tertiary/aromatic N) is 3. The number of halogens is 1. The molecule has 8 heteroatoms. The summed E-state index contributed by atoms with van der Waals surface area (Å²) in [6, 6.07) is 7.13. The first-order valence-electron chi connectivity index (χ1n) is 11.5. The summed E-state index contributed by atoms with van der Waals surface area (Å²) in [5.74, 6) is 0.691. The molecule has 188 valence electrons. The Hall–Kier alpha value is -2.35. The van der Waals surface area contributed by atoms with Crippen LogP contribution in [-0.4, -0.2) is 35.3 Å². The highest BCUT2D eigenvalue weighted by Crippen LogP contribution is 2.03. The number of amides is 1. The standard InChI is InChI=1S/2C11H17NO.C3H7NO2.BrH/c2*1-2-3-4-5-8-12-9-6-7-11(13)10-12;1-4(2)3(5)6;/h2*6-7,9-10H,2-5,8H2,1H3;1-2H3,(H,5,6);1H. The average molecular weight is 529 g/mol. The minimum absolute atomic E-state index is 0. The molecule has 0 unspecified atom stereocenters. The Balaban J connectivity index is 0. The zero-order chi connectivity index (χ0) is 24.2. The predicted octanol–water partition coefficient (Wildman–Crippen LogP) is 0.415. The molecular weight excluding hydrogens is 486 g/mol. The maximum absolute atomic E-state index is 9.51. The fourth-order valence-corrected chi connectivity index (χ4v) is 2.74. The summed E-state index contributed by atoms with van der Waals surface area (Å²) in [5.41, 5.74) is 0. The summed E-state index contributed by atoms with van der Waals surface area (Å²) in [7, 11) is 2.82. The molecule has 0 spiro atoms. The van der Waals surface area contributed by atoms with E-state index < -0.39 is 6.09 Å². The molecule has 1 amide bonds. The van der Waals surface area contributed by atoms with Crippen molar-refractivity contribution in [3.8, 4) is 11.5 Å². The van der Waals surface area contributed by atoms with Gasteiger partial charge in [0.2, 0.25) is 12.4 Å². The summed E-state index contributed by atoms with van der Waals surface area (Å²) in [5, 5.41) is 27.9. The fraction of sp³-hybridized carbons (Fsp3) is 0.560. The number of aromatic hydroxyl groups is 2. The van der Waals surface area contributed by atoms with Crippen LogP contribution < -0.4 is 31.2 Å². The van der Waals surface area contributed by atoms with E-state index in [-0.39, 0.29) is 17.0 Å². The second-order valence-corrected chi connectivity index (χ2v) is 7.88. The zero-order valence-electron chi connectivity index (χ0n) is 20.6. The Labute approximate surface area is 210 Å². The number of carbonyl (C=O) groups is 1. The van der Waals surface area contributed by atoms with Crippen LogP contribution in [-0.2, 0) is 13.1 Å². The van der Waals surface area contributed by atoms with Crippen LogP contribution in [0.4, 0.5) is 4.79 Å². The molecule has 0 saturated heterocycles. The van der Waals surface area contributed by atoms with Crippen LogP contribution in [0.3, 0.4) is 0 Å². The van der Waals surface area contributed by atoms with Crippen molar-refractivity contribution in [2.24, 2.45) is 0 Å². The van der Waals surface area contributed by atoms with Crippen LogP contribution >= 0.6 is 0 Å². The quantitative estimate of drug-likeness (QED) is 0.346. The third-order valence-electron chi connectivity index (χ3n) is 4.59. The van der Waals surface area contributed by atoms with Crippen LogP contribution in [0.25, 0.3) is 0 Å². The Morgan fingerprint density at radius 3 is 1.45 bits per heavy atom. The van der Waals surface area contributed by atoms with Gasteiger partial charge in [-0.2, -0.15) is 0 Å². The van der Waals surface area contributed by atoms with Gasteiger partial charge in [-0.25, -0.2) is 9.13 Å². The SMILES string of the molecule is CCCCCC[n+]1cccc(O)c1.CCCCCC[n+]1cccc(O)c1.CN(C)C(=O)[O-].[Br-]. The van der Waals surface area contributed by atoms with Crippen molar-refractivity contribution in [3.05, 3.63) is 49.1 Å². The lowest BCUT2D eigenvalue weighted by atomic mass is 10.2. The minimum Gasteiger partial charge on any atom is -1.00 e. The number of aryl methyl sites for hydroxylation is 2. The molecule has 0 bridgehead atoms. The van der Waals surface area contributed by atoms with E-state index in [9.17, 15) is 20.1 Å². The first-order valence-corrected chi connectivity index (χ1v) is 11.5. The fourth-order valence-electron chi connectivity index (χ4n) is 2.74. The monoisotopic (exact) mass is 527 g/mol. The largest absolute Gasteiger partial charge is 1.00 e. The highest BCUT2D eigenvalue weighted by molar-refractivity contribution is 5.61. The van der Waals surface area contributed by atoms with E-state index in [1.807, 2.05) is 33.7 Å². The molecule has 0 aromatic carbocycles. The van der Waals surface area contributed by atoms with Gasteiger partial charge in [-0.3, -0.25) is 0 Å². The summed E-state index contributed by atoms with van der Waals surface area (Å²) in [6.07, 6.45) is 16.5. The van der Waals surface area contributed by atoms with Crippen molar-refractivity contribution >= 4 is 6.09 Å². The summed E-state index contributed by atoms with van der Waals surface area (Å²) in [6.45, 7) is 6.44. The Kier molecular flexibility index (Phi) is 21.4. The van der Waals surface area contributed by atoms with Crippen LogP contribution in [0.5, 0.6) is 11.5 Å². The molecular formula is C25H42BrN3O4. The molecule has 2 N–H and O–H groups in total. The highest BCUT2D eigenvalue weighted by Gasteiger charge is 2.01. The van der Waals surface area contributed by atoms with Crippen LogP contribution in [0.2, 0.25) is 0 Å². The summed E-state index contributed by atoms with van der Waals surface area (Å²) >= 11 is 0. The first-order chi connectivity index (χ1) is 15.3. The molecule has 2 heterocycles. The van der Waals surface area contributed by atoms with Crippen molar-refractivity contribution in [3.63, 3.8) is 0 Å². The molecule has 33 heavy (non-hydrogen) atoms. The number of carboxylic acid groups (broad SMARTS) is 1. The number of rotatable bonds is 10. The molecule has 0 fully saturated rings. The predicted molar refractivity (Wildman–Crippen MR) is 124 cm³/mol. The summed E-state index contributed by atoms with van der Waals surface area (Å²) in [4.78, 5) is 10.5. The van der Waals surface area contributed by atoms with Gasteiger partial charge in [-0.15, -0.1) is 0 Å². The van der Waals surface area contributed by atoms with E-state index in [0.29, 0.717) is 11.5 Å². The van der Waals surface area contributed by atoms with E-state index in [4.69, 9.17) is 0 Å². The number of aromatic nitrogens is 2. The molecule has 0 aliphatic heterocycles. The van der Waals surface area contributed by atoms with Crippen LogP contribution in [0.1, 0.15) is 65.2 Å². The van der Waals surface area contributed by atoms with Crippen molar-refractivity contribution < 1.29 is 46.2 Å². The molecule has 2 rings (SSSR count). The van der Waals surface area contributed by atoms with Gasteiger partial charge in [0.05, 0.1) is 0 Å². The average Bonchev–Trinajstić information content (AvgIpc) is 2.75. The normalized spacial score (nSPS) is 9.45. The molecule has 0 radical (unpaired) electrons. The Bertz CT molecular complexity index is 692. The van der Waals surface area contributed by atoms with Crippen molar-refractivity contribution in [2.75, 3.05) is 14.1 Å². The maximum atomic E-state index is 9.51. The van der Waals surface area contributed by atoms with Gasteiger partial charge in [-0.1, -0.05) is 39.5 Å². The lowest BCUT2D eigenvalue weighted by Crippen LogP contribution is -3.00. The Morgan fingerprint density at radius 2 is 1.18 bits per heavy atom. The molecule has 0 aliphatic rings. The van der Waals surface area contributed by atoms with Gasteiger partial charge in [0.25, 0.3) is 0 Å². The smallest absolute Gasteiger partial charge is 0.210 e. The van der Waals surface area contributed by atoms with Crippen molar-refractivity contribution in [1.29, 1.82) is 0 Å². The van der Waals surface area contributed by atoms with Crippen molar-refractivity contribution in [1.82, 2.24) is 4.90 Å². The zero-order valence-corrected chi connectivity index (χ0v) is 22.2. The van der Waals surface area contributed by atoms with Crippen LogP contribution in [0, 0.1) is 0 Å². The molecule has 2 aromatic rings. The van der Waals surface area contributed by atoms with Gasteiger partial charge in [0, 0.05) is 39.1 Å². The van der Waals surface area contributed by atoms with E-state index in [2.05, 4.69) is 13.8 Å². The number of pyridine rings is 2. The van der Waals surface area contributed by atoms with Gasteiger partial charge in [0.1, 0.15) is 19.2 Å². The summed E-state index contributed by atoms with van der Waals surface area (Å²) < 4.78 is 4.07.